The molecular weight excluding hydrogens is 608 g/mol. The Hall–Kier alpha value is -2.00. The van der Waals surface area contributed by atoms with Crippen molar-refractivity contribution < 1.29 is 39.5 Å². The number of rotatable bonds is 6. The number of esters is 2. The summed E-state index contributed by atoms with van der Waals surface area (Å²) in [5.41, 5.74) is -1.21. The van der Waals surface area contributed by atoms with Crippen LogP contribution in [0.25, 0.3) is 0 Å². The van der Waals surface area contributed by atoms with Crippen molar-refractivity contribution in [3.05, 3.63) is 34.9 Å². The maximum Gasteiger partial charge on any atom is 0.333 e. The number of aliphatic hydroxyl groups excluding tert-OH is 4. The second-order valence-corrected chi connectivity index (χ2v) is 17.8. The maximum absolute atomic E-state index is 13.5. The number of ether oxygens (including phenoxy) is 2. The van der Waals surface area contributed by atoms with Gasteiger partial charge in [-0.25, -0.2) is 9.59 Å². The lowest BCUT2D eigenvalue weighted by Gasteiger charge is -2.72. The van der Waals surface area contributed by atoms with Crippen molar-refractivity contribution in [2.75, 3.05) is 13.2 Å². The number of allylic oxidation sites excluding steroid dienone is 4. The highest BCUT2D eigenvalue weighted by atomic mass is 16.6. The van der Waals surface area contributed by atoms with E-state index >= 15 is 0 Å². The van der Waals surface area contributed by atoms with Crippen LogP contribution in [0.5, 0.6) is 0 Å². The van der Waals surface area contributed by atoms with E-state index in [1.165, 1.54) is 5.57 Å². The molecule has 0 aromatic heterocycles. The van der Waals surface area contributed by atoms with E-state index in [0.717, 1.165) is 25.7 Å². The molecule has 5 rings (SSSR count). The van der Waals surface area contributed by atoms with E-state index in [1.807, 2.05) is 13.8 Å². The molecule has 4 unspecified atom stereocenters. The van der Waals surface area contributed by atoms with Crippen LogP contribution in [0.1, 0.15) is 114 Å². The highest BCUT2D eigenvalue weighted by Crippen LogP contribution is 2.76. The van der Waals surface area contributed by atoms with Crippen LogP contribution >= 0.6 is 0 Å². The normalized spacial score (nSPS) is 47.0. The second kappa shape index (κ2) is 12.3. The van der Waals surface area contributed by atoms with Gasteiger partial charge in [-0.2, -0.15) is 0 Å². The summed E-state index contributed by atoms with van der Waals surface area (Å²) < 4.78 is 12.5. The molecule has 5 aliphatic rings. The third kappa shape index (κ3) is 4.97. The number of hydrogen-bond acceptors (Lipinski definition) is 8. The van der Waals surface area contributed by atoms with Crippen LogP contribution in [0.2, 0.25) is 0 Å². The fourth-order valence-corrected chi connectivity index (χ4v) is 11.9. The lowest BCUT2D eigenvalue weighted by atomic mass is 9.33. The summed E-state index contributed by atoms with van der Waals surface area (Å²) in [5, 5.41) is 45.7. The molecule has 270 valence electrons. The Morgan fingerprint density at radius 2 is 1.40 bits per heavy atom. The highest BCUT2D eigenvalue weighted by Gasteiger charge is 2.73. The first kappa shape index (κ1) is 37.3. The summed E-state index contributed by atoms with van der Waals surface area (Å²) in [6.45, 7) is 19.6. The van der Waals surface area contributed by atoms with Crippen molar-refractivity contribution in [1.82, 2.24) is 0 Å². The molecule has 4 N–H and O–H groups in total. The minimum atomic E-state index is -1.28. The molecule has 0 radical (unpaired) electrons. The van der Waals surface area contributed by atoms with E-state index in [4.69, 9.17) is 9.47 Å². The molecule has 0 spiro atoms. The first-order valence-electron chi connectivity index (χ1n) is 18.2. The molecule has 4 saturated carbocycles. The summed E-state index contributed by atoms with van der Waals surface area (Å²) in [4.78, 5) is 26.8. The molecular formula is C40H62O8. The molecule has 0 saturated heterocycles. The van der Waals surface area contributed by atoms with Gasteiger partial charge in [0.05, 0.1) is 30.8 Å². The summed E-state index contributed by atoms with van der Waals surface area (Å²) >= 11 is 0. The first-order valence-corrected chi connectivity index (χ1v) is 18.2. The fourth-order valence-electron chi connectivity index (χ4n) is 11.9. The van der Waals surface area contributed by atoms with Gasteiger partial charge >= 0.3 is 11.9 Å². The summed E-state index contributed by atoms with van der Waals surface area (Å²) in [6.07, 6.45) is 7.19. The Morgan fingerprint density at radius 1 is 0.812 bits per heavy atom. The van der Waals surface area contributed by atoms with Gasteiger partial charge in [0.15, 0.2) is 6.10 Å². The highest BCUT2D eigenvalue weighted by molar-refractivity contribution is 5.88. The van der Waals surface area contributed by atoms with Crippen LogP contribution in [0.15, 0.2) is 34.9 Å². The Kier molecular flexibility index (Phi) is 9.58. The smallest absolute Gasteiger partial charge is 0.333 e. The van der Waals surface area contributed by atoms with Gasteiger partial charge in [0.25, 0.3) is 0 Å². The molecule has 4 fully saturated rings. The van der Waals surface area contributed by atoms with Gasteiger partial charge in [0.1, 0.15) is 6.10 Å². The molecule has 0 heterocycles. The molecule has 48 heavy (non-hydrogen) atoms. The van der Waals surface area contributed by atoms with E-state index in [0.29, 0.717) is 30.4 Å². The lowest BCUT2D eigenvalue weighted by Crippen LogP contribution is -2.72. The van der Waals surface area contributed by atoms with Crippen LogP contribution in [-0.4, -0.2) is 70.0 Å². The van der Waals surface area contributed by atoms with E-state index in [2.05, 4.69) is 33.8 Å². The molecule has 0 bridgehead atoms. The third-order valence-electron chi connectivity index (χ3n) is 15.4. The fraction of sp³-hybridized carbons (Fsp3) is 0.800. The van der Waals surface area contributed by atoms with Gasteiger partial charge in [-0.15, -0.1) is 0 Å². The molecule has 5 aliphatic carbocycles. The van der Waals surface area contributed by atoms with Crippen LogP contribution < -0.4 is 0 Å². The first-order chi connectivity index (χ1) is 22.3. The van der Waals surface area contributed by atoms with E-state index in [1.54, 1.807) is 39.8 Å². The molecule has 12 atom stereocenters. The molecule has 0 aliphatic heterocycles. The molecule has 8 heteroatoms. The van der Waals surface area contributed by atoms with Crippen LogP contribution in [0.4, 0.5) is 0 Å². The lowest BCUT2D eigenvalue weighted by molar-refractivity contribution is -0.266. The average molecular weight is 671 g/mol. The second-order valence-electron chi connectivity index (χ2n) is 17.8. The minimum Gasteiger partial charge on any atom is -0.454 e. The number of carbonyl (C=O) groups excluding carboxylic acids is 2. The summed E-state index contributed by atoms with van der Waals surface area (Å²) in [5.74, 6) is -0.954. The minimum absolute atomic E-state index is 0.0444. The number of carbonyl (C=O) groups is 2. The largest absolute Gasteiger partial charge is 0.454 e. The van der Waals surface area contributed by atoms with Crippen molar-refractivity contribution in [1.29, 1.82) is 0 Å². The van der Waals surface area contributed by atoms with Gasteiger partial charge in [0, 0.05) is 22.0 Å². The van der Waals surface area contributed by atoms with Crippen molar-refractivity contribution in [3.8, 4) is 0 Å². The zero-order chi connectivity index (χ0) is 35.8. The van der Waals surface area contributed by atoms with E-state index in [-0.39, 0.29) is 35.2 Å². The van der Waals surface area contributed by atoms with Gasteiger partial charge in [0.2, 0.25) is 0 Å². The number of hydrogen-bond donors (Lipinski definition) is 4. The standard InChI is InChI=1S/C40H62O8/c1-11-23(3)33(45)47-31-32(48-34(46)24(4)12-2)40(22-42)26(19-35(31,5)6)25-13-14-28-36(7)17-16-29(43)37(8,21-41)27(36)15-18-38(28,9)39(25,10)20-30(40)44/h11-13,26-32,41-44H,14-22H2,1-10H3/b23-11+,24-12+/t26-,27+,28+,29?,30?,31?,32?,36-,37-,38+,39+,40-/m0/s1. The van der Waals surface area contributed by atoms with Crippen molar-refractivity contribution in [2.45, 2.75) is 139 Å². The topological polar surface area (TPSA) is 134 Å². The zero-order valence-electron chi connectivity index (χ0n) is 31.1. The average Bonchev–Trinajstić information content (AvgIpc) is 3.03. The Bertz CT molecular complexity index is 1390. The predicted molar refractivity (Wildman–Crippen MR) is 184 cm³/mol. The van der Waals surface area contributed by atoms with Crippen molar-refractivity contribution in [2.24, 2.45) is 50.2 Å². The van der Waals surface area contributed by atoms with E-state index < -0.39 is 64.6 Å². The van der Waals surface area contributed by atoms with Crippen LogP contribution in [0, 0.1) is 50.2 Å². The van der Waals surface area contributed by atoms with Crippen LogP contribution in [0.3, 0.4) is 0 Å². The van der Waals surface area contributed by atoms with Crippen LogP contribution in [-0.2, 0) is 19.1 Å². The summed E-state index contributed by atoms with van der Waals surface area (Å²) in [7, 11) is 0. The summed E-state index contributed by atoms with van der Waals surface area (Å²) in [6, 6.07) is 0. The quantitative estimate of drug-likeness (QED) is 0.152. The van der Waals surface area contributed by atoms with Gasteiger partial charge in [-0.3, -0.25) is 0 Å². The maximum atomic E-state index is 13.5. The van der Waals surface area contributed by atoms with Crippen molar-refractivity contribution >= 4 is 11.9 Å². The third-order valence-corrected chi connectivity index (χ3v) is 15.4. The Balaban J connectivity index is 1.65. The van der Waals surface area contributed by atoms with Gasteiger partial charge in [-0.05, 0) is 107 Å². The zero-order valence-corrected chi connectivity index (χ0v) is 31.1. The number of fused-ring (bicyclic) bond motifs is 7. The Morgan fingerprint density at radius 3 is 1.94 bits per heavy atom. The monoisotopic (exact) mass is 670 g/mol. The molecule has 8 nitrogen and oxygen atoms in total. The number of aliphatic hydroxyl groups is 4. The van der Waals surface area contributed by atoms with Gasteiger partial charge in [-0.1, -0.05) is 65.3 Å². The van der Waals surface area contributed by atoms with Gasteiger partial charge < -0.3 is 29.9 Å². The molecule has 0 amide bonds. The molecule has 0 aromatic carbocycles. The SMILES string of the molecule is C/C=C(\C)C(=O)OC1C(OC(=O)/C(C)=C/C)[C@]2(CO)C(O)C[C@]3(C)C(=CC[C@@H]4[C@@]5(C)CCC(O)[C@@](C)(CO)[C@@H]5CC[C@]43C)[C@@H]2CC1(C)C. The van der Waals surface area contributed by atoms with E-state index in [9.17, 15) is 30.0 Å². The van der Waals surface area contributed by atoms with Crippen molar-refractivity contribution in [3.63, 3.8) is 0 Å². The Labute approximate surface area is 288 Å². The predicted octanol–water partition coefficient (Wildman–Crippen LogP) is 6.06. The molecule has 0 aromatic rings.